The van der Waals surface area contributed by atoms with Crippen molar-refractivity contribution >= 4 is 29.4 Å². The molecule has 0 atom stereocenters. The van der Waals surface area contributed by atoms with E-state index < -0.39 is 0 Å². The topological polar surface area (TPSA) is 34.9 Å². The van der Waals surface area contributed by atoms with Gasteiger partial charge in [-0.2, -0.15) is 5.10 Å². The van der Waals surface area contributed by atoms with E-state index in [1.54, 1.807) is 17.5 Å². The highest BCUT2D eigenvalue weighted by Gasteiger charge is 2.31. The highest BCUT2D eigenvalue weighted by atomic mass is 32.1. The Morgan fingerprint density at radius 1 is 1.41 bits per heavy atom. The summed E-state index contributed by atoms with van der Waals surface area (Å²) in [6.45, 7) is 0. The second-order valence-electron chi connectivity index (χ2n) is 4.15. The standard InChI is InChI=1S/C13H12N2OS/c16-13(10-3-4-10)15-8-7-11(14-15)5-6-12-2-1-9-17-12/h1-2,5-10H,3-4H2/b6-5+. The van der Waals surface area contributed by atoms with Gasteiger partial charge in [-0.1, -0.05) is 6.07 Å². The molecule has 0 radical (unpaired) electrons. The molecular weight excluding hydrogens is 232 g/mol. The van der Waals surface area contributed by atoms with Crippen molar-refractivity contribution < 1.29 is 4.79 Å². The van der Waals surface area contributed by atoms with Gasteiger partial charge in [0.15, 0.2) is 0 Å². The fraction of sp³-hybridized carbons (Fsp3) is 0.231. The normalized spacial score (nSPS) is 15.5. The number of nitrogens with zero attached hydrogens (tertiary/aromatic N) is 2. The van der Waals surface area contributed by atoms with Gasteiger partial charge in [-0.05, 0) is 42.5 Å². The summed E-state index contributed by atoms with van der Waals surface area (Å²) in [6.07, 6.45) is 7.72. The van der Waals surface area contributed by atoms with Crippen LogP contribution in [0.1, 0.15) is 28.2 Å². The first kappa shape index (κ1) is 10.5. The summed E-state index contributed by atoms with van der Waals surface area (Å²) in [5.41, 5.74) is 0.826. The van der Waals surface area contributed by atoms with Gasteiger partial charge in [-0.25, -0.2) is 4.68 Å². The fourth-order valence-corrected chi connectivity index (χ4v) is 2.24. The van der Waals surface area contributed by atoms with Crippen LogP contribution >= 0.6 is 11.3 Å². The van der Waals surface area contributed by atoms with Crippen molar-refractivity contribution in [2.45, 2.75) is 12.8 Å². The maximum absolute atomic E-state index is 11.7. The van der Waals surface area contributed by atoms with E-state index in [2.05, 4.69) is 5.10 Å². The van der Waals surface area contributed by atoms with Crippen LogP contribution in [-0.2, 0) is 0 Å². The van der Waals surface area contributed by atoms with Crippen LogP contribution in [0.3, 0.4) is 0 Å². The lowest BCUT2D eigenvalue weighted by Gasteiger charge is -1.95. The quantitative estimate of drug-likeness (QED) is 0.831. The van der Waals surface area contributed by atoms with Crippen LogP contribution in [0.25, 0.3) is 12.2 Å². The minimum atomic E-state index is 0.126. The Kier molecular flexibility index (Phi) is 2.65. The molecule has 0 N–H and O–H groups in total. The third-order valence-electron chi connectivity index (χ3n) is 2.72. The molecule has 2 aromatic rings. The number of hydrogen-bond acceptors (Lipinski definition) is 3. The van der Waals surface area contributed by atoms with Crippen molar-refractivity contribution in [2.24, 2.45) is 5.92 Å². The Labute approximate surface area is 103 Å². The third-order valence-corrected chi connectivity index (χ3v) is 3.56. The van der Waals surface area contributed by atoms with Gasteiger partial charge in [0, 0.05) is 17.0 Å². The molecule has 2 heterocycles. The molecule has 2 aromatic heterocycles. The monoisotopic (exact) mass is 244 g/mol. The van der Waals surface area contributed by atoms with Gasteiger partial charge in [0.1, 0.15) is 0 Å². The summed E-state index contributed by atoms with van der Waals surface area (Å²) in [7, 11) is 0. The average molecular weight is 244 g/mol. The fourth-order valence-electron chi connectivity index (χ4n) is 1.62. The van der Waals surface area contributed by atoms with Crippen molar-refractivity contribution in [3.63, 3.8) is 0 Å². The minimum absolute atomic E-state index is 0.126. The zero-order valence-electron chi connectivity index (χ0n) is 9.24. The molecule has 0 bridgehead atoms. The van der Waals surface area contributed by atoms with Gasteiger partial charge in [0.2, 0.25) is 5.91 Å². The van der Waals surface area contributed by atoms with Crippen molar-refractivity contribution in [1.82, 2.24) is 9.78 Å². The zero-order valence-corrected chi connectivity index (χ0v) is 10.1. The SMILES string of the molecule is O=C(C1CC1)n1ccc(/C=C/c2cccs2)n1. The third kappa shape index (κ3) is 2.36. The molecule has 0 aliphatic heterocycles. The Balaban J connectivity index is 1.74. The van der Waals surface area contributed by atoms with E-state index in [0.29, 0.717) is 0 Å². The largest absolute Gasteiger partial charge is 0.272 e. The average Bonchev–Trinajstić information content (AvgIpc) is 2.88. The van der Waals surface area contributed by atoms with E-state index in [4.69, 9.17) is 0 Å². The number of carbonyl (C=O) groups excluding carboxylic acids is 1. The summed E-state index contributed by atoms with van der Waals surface area (Å²) >= 11 is 1.68. The molecule has 4 heteroatoms. The molecule has 0 amide bonds. The van der Waals surface area contributed by atoms with Crippen LogP contribution in [0.4, 0.5) is 0 Å². The Hall–Kier alpha value is -1.68. The van der Waals surface area contributed by atoms with Gasteiger partial charge in [0.05, 0.1) is 5.69 Å². The van der Waals surface area contributed by atoms with Gasteiger partial charge in [-0.3, -0.25) is 4.79 Å². The summed E-state index contributed by atoms with van der Waals surface area (Å²) in [4.78, 5) is 12.9. The summed E-state index contributed by atoms with van der Waals surface area (Å²) in [6, 6.07) is 5.93. The lowest BCUT2D eigenvalue weighted by molar-refractivity contribution is 0.0870. The van der Waals surface area contributed by atoms with Crippen LogP contribution in [-0.4, -0.2) is 15.7 Å². The molecular formula is C13H12N2OS. The lowest BCUT2D eigenvalue weighted by atomic mass is 10.3. The lowest BCUT2D eigenvalue weighted by Crippen LogP contribution is -2.12. The Morgan fingerprint density at radius 3 is 3.00 bits per heavy atom. The van der Waals surface area contributed by atoms with Crippen molar-refractivity contribution in [3.8, 4) is 0 Å². The van der Waals surface area contributed by atoms with Gasteiger partial charge in [0.25, 0.3) is 0 Å². The molecule has 1 saturated carbocycles. The first-order valence-corrected chi connectivity index (χ1v) is 6.52. The van der Waals surface area contributed by atoms with Gasteiger partial charge < -0.3 is 0 Å². The first-order chi connectivity index (χ1) is 8.33. The van der Waals surface area contributed by atoms with E-state index in [1.165, 1.54) is 9.56 Å². The number of hydrogen-bond donors (Lipinski definition) is 0. The molecule has 1 aliphatic rings. The van der Waals surface area contributed by atoms with Crippen LogP contribution in [0.15, 0.2) is 29.8 Å². The molecule has 0 spiro atoms. The molecule has 3 rings (SSSR count). The molecule has 0 saturated heterocycles. The second kappa shape index (κ2) is 4.30. The van der Waals surface area contributed by atoms with E-state index in [1.807, 2.05) is 35.7 Å². The summed E-state index contributed by atoms with van der Waals surface area (Å²) in [5, 5.41) is 6.29. The number of thiophene rings is 1. The van der Waals surface area contributed by atoms with Crippen molar-refractivity contribution in [2.75, 3.05) is 0 Å². The molecule has 0 aromatic carbocycles. The number of aromatic nitrogens is 2. The minimum Gasteiger partial charge on any atom is -0.272 e. The van der Waals surface area contributed by atoms with Crippen LogP contribution in [0.2, 0.25) is 0 Å². The number of rotatable bonds is 3. The van der Waals surface area contributed by atoms with E-state index in [-0.39, 0.29) is 11.8 Å². The Bertz CT molecular complexity index is 550. The predicted molar refractivity (Wildman–Crippen MR) is 68.8 cm³/mol. The van der Waals surface area contributed by atoms with E-state index in [0.717, 1.165) is 18.5 Å². The summed E-state index contributed by atoms with van der Waals surface area (Å²) < 4.78 is 1.46. The highest BCUT2D eigenvalue weighted by Crippen LogP contribution is 2.30. The maximum atomic E-state index is 11.7. The van der Waals surface area contributed by atoms with Crippen LogP contribution in [0.5, 0.6) is 0 Å². The highest BCUT2D eigenvalue weighted by molar-refractivity contribution is 7.10. The predicted octanol–water partition coefficient (Wildman–Crippen LogP) is 3.17. The molecule has 0 unspecified atom stereocenters. The van der Waals surface area contributed by atoms with Crippen molar-refractivity contribution in [3.05, 3.63) is 40.3 Å². The van der Waals surface area contributed by atoms with Gasteiger partial charge >= 0.3 is 0 Å². The summed E-state index contributed by atoms with van der Waals surface area (Å²) in [5.74, 6) is 0.338. The van der Waals surface area contributed by atoms with Gasteiger partial charge in [-0.15, -0.1) is 11.3 Å². The molecule has 86 valence electrons. The molecule has 17 heavy (non-hydrogen) atoms. The first-order valence-electron chi connectivity index (χ1n) is 5.64. The molecule has 1 fully saturated rings. The zero-order chi connectivity index (χ0) is 11.7. The smallest absolute Gasteiger partial charge is 0.249 e. The van der Waals surface area contributed by atoms with Crippen LogP contribution in [0, 0.1) is 5.92 Å². The second-order valence-corrected chi connectivity index (χ2v) is 5.13. The van der Waals surface area contributed by atoms with E-state index in [9.17, 15) is 4.79 Å². The number of carbonyl (C=O) groups is 1. The molecule has 3 nitrogen and oxygen atoms in total. The van der Waals surface area contributed by atoms with Crippen LogP contribution < -0.4 is 0 Å². The van der Waals surface area contributed by atoms with E-state index >= 15 is 0 Å². The Morgan fingerprint density at radius 2 is 2.29 bits per heavy atom. The molecule has 1 aliphatic carbocycles. The van der Waals surface area contributed by atoms with Crippen molar-refractivity contribution in [1.29, 1.82) is 0 Å². The maximum Gasteiger partial charge on any atom is 0.249 e.